The van der Waals surface area contributed by atoms with Gasteiger partial charge in [-0.25, -0.2) is 8.42 Å². The summed E-state index contributed by atoms with van der Waals surface area (Å²) in [6.45, 7) is 5.02. The van der Waals surface area contributed by atoms with Crippen LogP contribution in [-0.4, -0.2) is 62.9 Å². The van der Waals surface area contributed by atoms with Gasteiger partial charge in [0.15, 0.2) is 6.10 Å². The molecule has 1 heterocycles. The quantitative estimate of drug-likeness (QED) is 0.672. The van der Waals surface area contributed by atoms with Crippen LogP contribution in [0.3, 0.4) is 0 Å². The Morgan fingerprint density at radius 3 is 2.07 bits per heavy atom. The highest BCUT2D eigenvalue weighted by Gasteiger charge is 2.32. The summed E-state index contributed by atoms with van der Waals surface area (Å²) in [5.74, 6) is 1.19. The molecule has 0 radical (unpaired) electrons. The third kappa shape index (κ3) is 4.94. The number of piperazine rings is 1. The van der Waals surface area contributed by atoms with Gasteiger partial charge >= 0.3 is 0 Å². The molecule has 8 heteroatoms. The third-order valence-corrected chi connectivity index (χ3v) is 7.11. The van der Waals surface area contributed by atoms with Crippen molar-refractivity contribution in [2.24, 2.45) is 0 Å². The third-order valence-electron chi connectivity index (χ3n) is 5.19. The molecule has 0 saturated carbocycles. The van der Waals surface area contributed by atoms with Crippen molar-refractivity contribution in [3.63, 3.8) is 0 Å². The van der Waals surface area contributed by atoms with Crippen LogP contribution in [0.4, 0.5) is 0 Å². The fourth-order valence-electron chi connectivity index (χ4n) is 3.34. The first kappa shape index (κ1) is 22.1. The van der Waals surface area contributed by atoms with Crippen LogP contribution >= 0.6 is 0 Å². The summed E-state index contributed by atoms with van der Waals surface area (Å²) in [5.41, 5.74) is 1.01. The number of carbonyl (C=O) groups excluding carboxylic acids is 1. The molecule has 1 aliphatic rings. The molecule has 0 aliphatic carbocycles. The molecule has 1 fully saturated rings. The van der Waals surface area contributed by atoms with Gasteiger partial charge in [0.2, 0.25) is 10.0 Å². The fraction of sp³-hybridized carbons (Fsp3) is 0.409. The highest BCUT2D eigenvalue weighted by Crippen LogP contribution is 2.21. The maximum atomic E-state index is 12.9. The lowest BCUT2D eigenvalue weighted by atomic mass is 10.2. The van der Waals surface area contributed by atoms with Crippen LogP contribution in [0.5, 0.6) is 11.5 Å². The van der Waals surface area contributed by atoms with E-state index in [1.54, 1.807) is 60.5 Å². The van der Waals surface area contributed by atoms with Crippen LogP contribution < -0.4 is 9.47 Å². The number of amides is 1. The van der Waals surface area contributed by atoms with E-state index in [1.807, 2.05) is 13.8 Å². The maximum absolute atomic E-state index is 12.9. The Kier molecular flexibility index (Phi) is 6.99. The average Bonchev–Trinajstić information content (AvgIpc) is 2.78. The number of ether oxygens (including phenoxy) is 2. The summed E-state index contributed by atoms with van der Waals surface area (Å²) >= 11 is 0. The van der Waals surface area contributed by atoms with Crippen LogP contribution in [0, 0.1) is 6.92 Å². The van der Waals surface area contributed by atoms with Gasteiger partial charge in [0, 0.05) is 26.2 Å². The first-order chi connectivity index (χ1) is 14.3. The molecular weight excluding hydrogens is 404 g/mol. The summed E-state index contributed by atoms with van der Waals surface area (Å²) in [6, 6.07) is 13.9. The summed E-state index contributed by atoms with van der Waals surface area (Å²) < 4.78 is 38.1. The van der Waals surface area contributed by atoms with Gasteiger partial charge in [0.25, 0.3) is 5.91 Å². The summed E-state index contributed by atoms with van der Waals surface area (Å²) in [5, 5.41) is 0. The number of sulfonamides is 1. The first-order valence-corrected chi connectivity index (χ1v) is 11.5. The van der Waals surface area contributed by atoms with Crippen molar-refractivity contribution >= 4 is 15.9 Å². The summed E-state index contributed by atoms with van der Waals surface area (Å²) in [6.07, 6.45) is -0.0918. The Bertz CT molecular complexity index is 950. The van der Waals surface area contributed by atoms with Gasteiger partial charge in [-0.2, -0.15) is 4.31 Å². The number of benzene rings is 2. The molecule has 0 aromatic heterocycles. The maximum Gasteiger partial charge on any atom is 0.263 e. The molecule has 2 aromatic carbocycles. The Balaban J connectivity index is 1.61. The van der Waals surface area contributed by atoms with Crippen LogP contribution in [-0.2, 0) is 14.8 Å². The molecule has 1 aliphatic heterocycles. The smallest absolute Gasteiger partial charge is 0.263 e. The van der Waals surface area contributed by atoms with E-state index < -0.39 is 16.1 Å². The molecule has 0 bridgehead atoms. The van der Waals surface area contributed by atoms with Crippen molar-refractivity contribution in [1.82, 2.24) is 9.21 Å². The van der Waals surface area contributed by atoms with Gasteiger partial charge in [-0.05, 0) is 49.7 Å². The second-order valence-electron chi connectivity index (χ2n) is 7.23. The van der Waals surface area contributed by atoms with Gasteiger partial charge in [-0.3, -0.25) is 4.79 Å². The molecule has 7 nitrogen and oxygen atoms in total. The molecular formula is C22H28N2O5S. The first-order valence-electron chi connectivity index (χ1n) is 10.0. The van der Waals surface area contributed by atoms with Crippen LogP contribution in [0.2, 0.25) is 0 Å². The van der Waals surface area contributed by atoms with Crippen molar-refractivity contribution in [2.75, 3.05) is 33.3 Å². The Morgan fingerprint density at radius 2 is 1.53 bits per heavy atom. The zero-order valence-electron chi connectivity index (χ0n) is 17.6. The van der Waals surface area contributed by atoms with Crippen molar-refractivity contribution in [3.05, 3.63) is 54.1 Å². The van der Waals surface area contributed by atoms with Gasteiger partial charge < -0.3 is 14.4 Å². The molecule has 0 spiro atoms. The highest BCUT2D eigenvalue weighted by atomic mass is 32.2. The number of rotatable bonds is 7. The van der Waals surface area contributed by atoms with E-state index in [4.69, 9.17) is 9.47 Å². The fourth-order valence-corrected chi connectivity index (χ4v) is 4.76. The van der Waals surface area contributed by atoms with Crippen LogP contribution in [0.25, 0.3) is 0 Å². The minimum absolute atomic E-state index is 0.124. The molecule has 162 valence electrons. The van der Waals surface area contributed by atoms with E-state index in [2.05, 4.69) is 0 Å². The summed E-state index contributed by atoms with van der Waals surface area (Å²) in [4.78, 5) is 14.9. The standard InChI is InChI=1S/C22H28N2O5S/c1-4-21(29-19-9-7-18(28-3)8-10-19)22(25)23-13-15-24(16-14-23)30(26,27)20-11-5-17(2)6-12-20/h5-12,21H,4,13-16H2,1-3H3. The predicted molar refractivity (Wildman–Crippen MR) is 114 cm³/mol. The van der Waals surface area contributed by atoms with Crippen molar-refractivity contribution in [2.45, 2.75) is 31.3 Å². The van der Waals surface area contributed by atoms with Gasteiger partial charge in [0.05, 0.1) is 12.0 Å². The van der Waals surface area contributed by atoms with Crippen molar-refractivity contribution in [1.29, 1.82) is 0 Å². The number of methoxy groups -OCH3 is 1. The lowest BCUT2D eigenvalue weighted by molar-refractivity contribution is -0.140. The number of aryl methyl sites for hydroxylation is 1. The SMILES string of the molecule is CCC(Oc1ccc(OC)cc1)C(=O)N1CCN(S(=O)(=O)c2ccc(C)cc2)CC1. The van der Waals surface area contributed by atoms with E-state index in [1.165, 1.54) is 4.31 Å². The van der Waals surface area contributed by atoms with Crippen molar-refractivity contribution < 1.29 is 22.7 Å². The van der Waals surface area contributed by atoms with Gasteiger partial charge in [0.1, 0.15) is 11.5 Å². The Labute approximate surface area is 178 Å². The average molecular weight is 433 g/mol. The number of hydrogen-bond donors (Lipinski definition) is 0. The zero-order valence-corrected chi connectivity index (χ0v) is 18.4. The largest absolute Gasteiger partial charge is 0.497 e. The summed E-state index contributed by atoms with van der Waals surface area (Å²) in [7, 11) is -1.97. The molecule has 1 atom stereocenters. The molecule has 1 amide bonds. The Hall–Kier alpha value is -2.58. The van der Waals surface area contributed by atoms with E-state index in [0.29, 0.717) is 31.0 Å². The Morgan fingerprint density at radius 1 is 0.967 bits per heavy atom. The van der Waals surface area contributed by atoms with E-state index >= 15 is 0 Å². The van der Waals surface area contributed by atoms with Crippen LogP contribution in [0.1, 0.15) is 18.9 Å². The molecule has 1 saturated heterocycles. The zero-order chi connectivity index (χ0) is 21.7. The van der Waals surface area contributed by atoms with E-state index in [0.717, 1.165) is 5.56 Å². The molecule has 30 heavy (non-hydrogen) atoms. The molecule has 0 N–H and O–H groups in total. The monoisotopic (exact) mass is 432 g/mol. The molecule has 3 rings (SSSR count). The lowest BCUT2D eigenvalue weighted by Gasteiger charge is -2.35. The number of hydrogen-bond acceptors (Lipinski definition) is 5. The number of nitrogens with zero attached hydrogens (tertiary/aromatic N) is 2. The topological polar surface area (TPSA) is 76.2 Å². The van der Waals surface area contributed by atoms with E-state index in [-0.39, 0.29) is 23.9 Å². The molecule has 2 aromatic rings. The second kappa shape index (κ2) is 9.49. The van der Waals surface area contributed by atoms with Gasteiger partial charge in [-0.1, -0.05) is 24.6 Å². The normalized spacial score (nSPS) is 16.2. The number of carbonyl (C=O) groups is 1. The van der Waals surface area contributed by atoms with Gasteiger partial charge in [-0.15, -0.1) is 0 Å². The van der Waals surface area contributed by atoms with Crippen LogP contribution in [0.15, 0.2) is 53.4 Å². The predicted octanol–water partition coefficient (Wildman–Crippen LogP) is 2.69. The highest BCUT2D eigenvalue weighted by molar-refractivity contribution is 7.89. The van der Waals surface area contributed by atoms with Crippen molar-refractivity contribution in [3.8, 4) is 11.5 Å². The second-order valence-corrected chi connectivity index (χ2v) is 9.17. The minimum Gasteiger partial charge on any atom is -0.497 e. The molecule has 1 unspecified atom stereocenters. The minimum atomic E-state index is -3.56. The van der Waals surface area contributed by atoms with E-state index in [9.17, 15) is 13.2 Å². The lowest BCUT2D eigenvalue weighted by Crippen LogP contribution is -2.53.